The third kappa shape index (κ3) is 11.0. The quantitative estimate of drug-likeness (QED) is 0.200. The topological polar surface area (TPSA) is 114 Å². The number of alkyl carbamates (subject to hydrolysis) is 1. The molecule has 0 spiro atoms. The van der Waals surface area contributed by atoms with Crippen LogP contribution in [0.2, 0.25) is 0 Å². The largest absolute Gasteiger partial charge is 0.468 e. The van der Waals surface area contributed by atoms with Crippen LogP contribution in [0.3, 0.4) is 0 Å². The Morgan fingerprint density at radius 2 is 1.76 bits per heavy atom. The van der Waals surface area contributed by atoms with Gasteiger partial charge < -0.3 is 25.0 Å². The number of hydrogen-bond acceptors (Lipinski definition) is 7. The number of hydrogen-bond donors (Lipinski definition) is 3. The molecule has 1 aromatic rings. The summed E-state index contributed by atoms with van der Waals surface area (Å²) in [5.41, 5.74) is 1.63. The number of nitrogens with zero attached hydrogens (tertiary/aromatic N) is 1. The first-order valence-corrected chi connectivity index (χ1v) is 13.3. The van der Waals surface area contributed by atoms with Gasteiger partial charge in [0.05, 0.1) is 7.11 Å². The Kier molecular flexibility index (Phi) is 13.5. The number of aryl methyl sites for hydroxylation is 2. The highest BCUT2D eigenvalue weighted by Crippen LogP contribution is 2.27. The molecule has 1 rings (SSSR count). The van der Waals surface area contributed by atoms with Crippen molar-refractivity contribution in [2.75, 3.05) is 26.0 Å². The highest BCUT2D eigenvalue weighted by molar-refractivity contribution is 7.80. The van der Waals surface area contributed by atoms with Crippen LogP contribution in [0.1, 0.15) is 76.1 Å². The minimum absolute atomic E-state index is 0.00678. The Hall–Kier alpha value is -2.75. The summed E-state index contributed by atoms with van der Waals surface area (Å²) in [5, 5.41) is 5.21. The van der Waals surface area contributed by atoms with Crippen LogP contribution in [-0.4, -0.2) is 66.4 Å². The Morgan fingerprint density at radius 1 is 1.08 bits per heavy atom. The fraction of sp³-hybridized carbons (Fsp3) is 0.630. The lowest BCUT2D eigenvalue weighted by Crippen LogP contribution is -2.54. The lowest BCUT2D eigenvalue weighted by Gasteiger charge is -2.35. The number of ether oxygens (including phenoxy) is 2. The second-order valence-electron chi connectivity index (χ2n) is 10.0. The minimum Gasteiger partial charge on any atom is -0.468 e. The zero-order valence-electron chi connectivity index (χ0n) is 23.2. The van der Waals surface area contributed by atoms with Crippen molar-refractivity contribution in [1.29, 1.82) is 0 Å². The molecule has 0 heterocycles. The molecule has 0 aliphatic carbocycles. The predicted octanol–water partition coefficient (Wildman–Crippen LogP) is 3.87. The molecule has 0 saturated carbocycles. The van der Waals surface area contributed by atoms with E-state index in [0.29, 0.717) is 12.0 Å². The summed E-state index contributed by atoms with van der Waals surface area (Å²) >= 11 is 4.31. The maximum Gasteiger partial charge on any atom is 0.408 e. The molecule has 0 fully saturated rings. The first-order chi connectivity index (χ1) is 17.3. The number of methoxy groups -OCH3 is 1. The van der Waals surface area contributed by atoms with E-state index in [9.17, 15) is 19.2 Å². The summed E-state index contributed by atoms with van der Waals surface area (Å²) < 4.78 is 9.99. The number of benzene rings is 1. The summed E-state index contributed by atoms with van der Waals surface area (Å²) in [6, 6.07) is 3.63. The number of amides is 3. The zero-order valence-corrected chi connectivity index (χ0v) is 24.1. The van der Waals surface area contributed by atoms with Crippen molar-refractivity contribution in [3.8, 4) is 0 Å². The monoisotopic (exact) mass is 537 g/mol. The Morgan fingerprint density at radius 3 is 2.32 bits per heavy atom. The highest BCUT2D eigenvalue weighted by atomic mass is 32.1. The van der Waals surface area contributed by atoms with Crippen molar-refractivity contribution in [3.05, 3.63) is 34.9 Å². The number of nitrogens with one attached hydrogen (secondary N) is 2. The van der Waals surface area contributed by atoms with Gasteiger partial charge in [-0.15, -0.1) is 0 Å². The van der Waals surface area contributed by atoms with Crippen molar-refractivity contribution >= 4 is 36.5 Å². The first kappa shape index (κ1) is 32.3. The van der Waals surface area contributed by atoms with Gasteiger partial charge in [0.25, 0.3) is 0 Å². The standard InChI is InChI=1S/C27H43N3O6S/c1-8-9-10-11-14-30(25(33)21(17-37)29-26(34)36-27(4,5)6)23(24(32)28-16-22(31)35-7)20-15-18(2)12-13-19(20)3/h12-13,15,21,23,37H,8-11,14,16-17H2,1-7H3,(H,28,32)(H,29,34). The molecule has 2 atom stereocenters. The summed E-state index contributed by atoms with van der Waals surface area (Å²) in [6.07, 6.45) is 2.78. The lowest BCUT2D eigenvalue weighted by molar-refractivity contribution is -0.144. The van der Waals surface area contributed by atoms with E-state index < -0.39 is 41.6 Å². The Bertz CT molecular complexity index is 931. The van der Waals surface area contributed by atoms with Crippen molar-refractivity contribution in [3.63, 3.8) is 0 Å². The van der Waals surface area contributed by atoms with Crippen LogP contribution >= 0.6 is 12.6 Å². The number of carbonyl (C=O) groups is 4. The summed E-state index contributed by atoms with van der Waals surface area (Å²) in [5.74, 6) is -1.57. The second kappa shape index (κ2) is 15.5. The summed E-state index contributed by atoms with van der Waals surface area (Å²) in [7, 11) is 1.24. The molecule has 37 heavy (non-hydrogen) atoms. The van der Waals surface area contributed by atoms with Gasteiger partial charge in [-0.25, -0.2) is 4.79 Å². The highest BCUT2D eigenvalue weighted by Gasteiger charge is 2.36. The van der Waals surface area contributed by atoms with Gasteiger partial charge >= 0.3 is 12.1 Å². The van der Waals surface area contributed by atoms with Gasteiger partial charge in [0.1, 0.15) is 24.2 Å². The predicted molar refractivity (Wildman–Crippen MR) is 147 cm³/mol. The number of unbranched alkanes of at least 4 members (excludes halogenated alkanes) is 3. The van der Waals surface area contributed by atoms with E-state index in [1.807, 2.05) is 32.0 Å². The van der Waals surface area contributed by atoms with Gasteiger partial charge in [-0.1, -0.05) is 49.9 Å². The molecular formula is C27H43N3O6S. The summed E-state index contributed by atoms with van der Waals surface area (Å²) in [6.45, 7) is 11.0. The maximum absolute atomic E-state index is 13.9. The van der Waals surface area contributed by atoms with E-state index in [2.05, 4.69) is 34.9 Å². The number of thiol groups is 1. The Balaban J connectivity index is 3.46. The smallest absolute Gasteiger partial charge is 0.408 e. The van der Waals surface area contributed by atoms with Gasteiger partial charge in [0.2, 0.25) is 11.8 Å². The van der Waals surface area contributed by atoms with E-state index >= 15 is 0 Å². The molecule has 0 aromatic heterocycles. The third-order valence-electron chi connectivity index (χ3n) is 5.63. The van der Waals surface area contributed by atoms with Gasteiger partial charge in [-0.05, 0) is 52.2 Å². The van der Waals surface area contributed by atoms with Crippen molar-refractivity contribution in [2.45, 2.75) is 84.9 Å². The van der Waals surface area contributed by atoms with Crippen LogP contribution in [-0.2, 0) is 23.9 Å². The average Bonchev–Trinajstić information content (AvgIpc) is 2.83. The SMILES string of the molecule is CCCCCCN(C(=O)C(CS)NC(=O)OC(C)(C)C)C(C(=O)NCC(=O)OC)c1cc(C)ccc1C. The number of carbonyl (C=O) groups excluding carboxylic acids is 4. The normalized spacial score (nSPS) is 12.8. The molecule has 208 valence electrons. The van der Waals surface area contributed by atoms with Crippen LogP contribution in [0.5, 0.6) is 0 Å². The van der Waals surface area contributed by atoms with E-state index in [1.165, 1.54) is 12.0 Å². The number of rotatable bonds is 13. The number of esters is 1. The van der Waals surface area contributed by atoms with E-state index in [4.69, 9.17) is 4.74 Å². The molecule has 3 amide bonds. The van der Waals surface area contributed by atoms with Gasteiger partial charge in [0.15, 0.2) is 0 Å². The molecule has 2 unspecified atom stereocenters. The molecule has 0 saturated heterocycles. The van der Waals surface area contributed by atoms with Crippen LogP contribution in [0.4, 0.5) is 4.79 Å². The molecule has 0 bridgehead atoms. The van der Waals surface area contributed by atoms with Crippen LogP contribution < -0.4 is 10.6 Å². The molecule has 0 aliphatic rings. The zero-order chi connectivity index (χ0) is 28.2. The first-order valence-electron chi connectivity index (χ1n) is 12.7. The fourth-order valence-electron chi connectivity index (χ4n) is 3.74. The van der Waals surface area contributed by atoms with Crippen molar-refractivity contribution < 1.29 is 28.7 Å². The summed E-state index contributed by atoms with van der Waals surface area (Å²) in [4.78, 5) is 53.1. The van der Waals surface area contributed by atoms with E-state index in [1.54, 1.807) is 20.8 Å². The van der Waals surface area contributed by atoms with Gasteiger partial charge in [-0.3, -0.25) is 14.4 Å². The van der Waals surface area contributed by atoms with Gasteiger partial charge in [0, 0.05) is 12.3 Å². The minimum atomic E-state index is -1.03. The van der Waals surface area contributed by atoms with Crippen molar-refractivity contribution in [1.82, 2.24) is 15.5 Å². The maximum atomic E-state index is 13.9. The fourth-order valence-corrected chi connectivity index (χ4v) is 3.99. The van der Waals surface area contributed by atoms with Crippen LogP contribution in [0, 0.1) is 13.8 Å². The molecule has 9 nitrogen and oxygen atoms in total. The molecule has 0 radical (unpaired) electrons. The Labute approximate surface area is 226 Å². The van der Waals surface area contributed by atoms with Crippen molar-refractivity contribution in [2.24, 2.45) is 0 Å². The molecule has 10 heteroatoms. The van der Waals surface area contributed by atoms with Crippen LogP contribution in [0.15, 0.2) is 18.2 Å². The lowest BCUT2D eigenvalue weighted by atomic mass is 9.96. The van der Waals surface area contributed by atoms with Crippen LogP contribution in [0.25, 0.3) is 0 Å². The third-order valence-corrected chi connectivity index (χ3v) is 6.00. The molecule has 2 N–H and O–H groups in total. The average molecular weight is 538 g/mol. The molecule has 1 aromatic carbocycles. The van der Waals surface area contributed by atoms with Gasteiger partial charge in [-0.2, -0.15) is 12.6 Å². The second-order valence-corrected chi connectivity index (χ2v) is 10.4. The van der Waals surface area contributed by atoms with E-state index in [-0.39, 0.29) is 18.8 Å². The van der Waals surface area contributed by atoms with E-state index in [0.717, 1.165) is 30.4 Å². The molecular weight excluding hydrogens is 494 g/mol. The molecule has 0 aliphatic heterocycles.